The van der Waals surface area contributed by atoms with E-state index in [9.17, 15) is 4.79 Å². The minimum atomic E-state index is -0.138. The molecule has 7 nitrogen and oxygen atoms in total. The van der Waals surface area contributed by atoms with E-state index in [1.54, 1.807) is 16.9 Å². The van der Waals surface area contributed by atoms with Crippen LogP contribution < -0.4 is 5.32 Å². The number of pyridine rings is 1. The molecular weight excluding hydrogens is 336 g/mol. The molecule has 3 heterocycles. The fourth-order valence-corrected chi connectivity index (χ4v) is 2.96. The van der Waals surface area contributed by atoms with Crippen molar-refractivity contribution in [2.24, 2.45) is 0 Å². The summed E-state index contributed by atoms with van der Waals surface area (Å²) >= 11 is 1.38. The Kier molecular flexibility index (Phi) is 5.08. The van der Waals surface area contributed by atoms with Crippen LogP contribution >= 0.6 is 11.8 Å². The van der Waals surface area contributed by atoms with Gasteiger partial charge in [0.1, 0.15) is 5.82 Å². The first-order valence-electron chi connectivity index (χ1n) is 7.74. The van der Waals surface area contributed by atoms with Gasteiger partial charge in [-0.15, -0.1) is 0 Å². The van der Waals surface area contributed by atoms with E-state index in [0.29, 0.717) is 11.8 Å². The lowest BCUT2D eigenvalue weighted by atomic mass is 10.4. The van der Waals surface area contributed by atoms with Crippen LogP contribution in [-0.2, 0) is 4.79 Å². The smallest absolute Gasteiger partial charge is 0.252 e. The first-order valence-corrected chi connectivity index (χ1v) is 8.73. The first kappa shape index (κ1) is 17.1. The summed E-state index contributed by atoms with van der Waals surface area (Å²) in [7, 11) is 0. The average molecular weight is 354 g/mol. The molecule has 0 bridgehead atoms. The normalized spacial score (nSPS) is 10.7. The number of rotatable bonds is 5. The van der Waals surface area contributed by atoms with Crippen LogP contribution in [0, 0.1) is 20.8 Å². The van der Waals surface area contributed by atoms with Gasteiger partial charge in [-0.1, -0.05) is 17.8 Å². The lowest BCUT2D eigenvalue weighted by molar-refractivity contribution is -0.113. The molecular formula is C17H18N6OS. The Morgan fingerprint density at radius 3 is 2.56 bits per heavy atom. The summed E-state index contributed by atoms with van der Waals surface area (Å²) in [5.74, 6) is 1.11. The molecule has 0 aromatic carbocycles. The third kappa shape index (κ3) is 4.42. The molecule has 128 valence electrons. The van der Waals surface area contributed by atoms with E-state index in [4.69, 9.17) is 0 Å². The van der Waals surface area contributed by atoms with Crippen molar-refractivity contribution in [2.45, 2.75) is 25.8 Å². The Labute approximate surface area is 149 Å². The van der Waals surface area contributed by atoms with E-state index in [2.05, 4.69) is 25.4 Å². The molecule has 0 aliphatic heterocycles. The molecule has 0 aliphatic rings. The zero-order valence-corrected chi connectivity index (χ0v) is 15.0. The van der Waals surface area contributed by atoms with Gasteiger partial charge in [0.2, 0.25) is 5.91 Å². The molecule has 1 amide bonds. The zero-order valence-electron chi connectivity index (χ0n) is 14.2. The maximum absolute atomic E-state index is 12.3. The van der Waals surface area contributed by atoms with Crippen molar-refractivity contribution in [1.29, 1.82) is 0 Å². The summed E-state index contributed by atoms with van der Waals surface area (Å²) < 4.78 is 1.55. The highest BCUT2D eigenvalue weighted by Gasteiger charge is 2.14. The number of hydrogen-bond donors (Lipinski definition) is 1. The second kappa shape index (κ2) is 7.43. The van der Waals surface area contributed by atoms with Crippen molar-refractivity contribution in [3.05, 3.63) is 53.6 Å². The number of thioether (sulfide) groups is 1. The van der Waals surface area contributed by atoms with Gasteiger partial charge in [-0.05, 0) is 39.0 Å². The van der Waals surface area contributed by atoms with Crippen molar-refractivity contribution >= 4 is 23.5 Å². The van der Waals surface area contributed by atoms with Gasteiger partial charge in [-0.25, -0.2) is 15.0 Å². The molecule has 25 heavy (non-hydrogen) atoms. The fourth-order valence-electron chi connectivity index (χ4n) is 2.29. The maximum Gasteiger partial charge on any atom is 0.252 e. The van der Waals surface area contributed by atoms with E-state index in [1.165, 1.54) is 11.8 Å². The van der Waals surface area contributed by atoms with Crippen LogP contribution in [0.2, 0.25) is 0 Å². The molecule has 0 atom stereocenters. The number of nitrogens with zero attached hydrogens (tertiary/aromatic N) is 5. The number of aryl methyl sites for hydroxylation is 3. The Bertz CT molecular complexity index is 873. The van der Waals surface area contributed by atoms with Gasteiger partial charge >= 0.3 is 0 Å². The highest BCUT2D eigenvalue weighted by Crippen LogP contribution is 2.17. The molecule has 3 aromatic heterocycles. The van der Waals surface area contributed by atoms with Gasteiger partial charge in [0.15, 0.2) is 0 Å². The highest BCUT2D eigenvalue weighted by atomic mass is 32.2. The van der Waals surface area contributed by atoms with Crippen molar-refractivity contribution in [3.63, 3.8) is 0 Å². The predicted molar refractivity (Wildman–Crippen MR) is 97.0 cm³/mol. The number of nitrogens with one attached hydrogen (secondary N) is 1. The van der Waals surface area contributed by atoms with Crippen molar-refractivity contribution < 1.29 is 4.79 Å². The largest absolute Gasteiger partial charge is 0.310 e. The SMILES string of the molecule is Cc1cc(C)nc(-n2nc(C)cc2NC(=O)CSc2ccccn2)n1. The number of amides is 1. The lowest BCUT2D eigenvalue weighted by Crippen LogP contribution is -2.18. The second-order valence-electron chi connectivity index (χ2n) is 5.54. The first-order chi connectivity index (χ1) is 12.0. The minimum absolute atomic E-state index is 0.138. The predicted octanol–water partition coefficient (Wildman–Crippen LogP) is 2.71. The molecule has 0 spiro atoms. The van der Waals surface area contributed by atoms with Gasteiger partial charge in [0, 0.05) is 23.7 Å². The molecule has 0 fully saturated rings. The second-order valence-corrected chi connectivity index (χ2v) is 6.53. The highest BCUT2D eigenvalue weighted by molar-refractivity contribution is 7.99. The molecule has 0 unspecified atom stereocenters. The maximum atomic E-state index is 12.3. The van der Waals surface area contributed by atoms with Crippen molar-refractivity contribution in [3.8, 4) is 5.95 Å². The van der Waals surface area contributed by atoms with E-state index in [-0.39, 0.29) is 11.7 Å². The number of aromatic nitrogens is 5. The van der Waals surface area contributed by atoms with Crippen molar-refractivity contribution in [1.82, 2.24) is 24.7 Å². The van der Waals surface area contributed by atoms with Gasteiger partial charge in [-0.3, -0.25) is 4.79 Å². The van der Waals surface area contributed by atoms with Crippen LogP contribution in [0.5, 0.6) is 0 Å². The van der Waals surface area contributed by atoms with Crippen molar-refractivity contribution in [2.75, 3.05) is 11.1 Å². The number of carbonyl (C=O) groups excluding carboxylic acids is 1. The van der Waals surface area contributed by atoms with Gasteiger partial charge in [0.05, 0.1) is 16.5 Å². The number of hydrogen-bond acceptors (Lipinski definition) is 6. The average Bonchev–Trinajstić information content (AvgIpc) is 2.93. The Morgan fingerprint density at radius 1 is 1.12 bits per heavy atom. The third-order valence-electron chi connectivity index (χ3n) is 3.25. The van der Waals surface area contributed by atoms with Gasteiger partial charge in [-0.2, -0.15) is 9.78 Å². The topological polar surface area (TPSA) is 85.6 Å². The zero-order chi connectivity index (χ0) is 17.8. The fraction of sp³-hybridized carbons (Fsp3) is 0.235. The summed E-state index contributed by atoms with van der Waals surface area (Å²) in [5, 5.41) is 8.07. The summed E-state index contributed by atoms with van der Waals surface area (Å²) in [6.45, 7) is 5.66. The van der Waals surface area contributed by atoms with Gasteiger partial charge < -0.3 is 5.32 Å². The van der Waals surface area contributed by atoms with Crippen LogP contribution in [0.3, 0.4) is 0 Å². The molecule has 0 saturated carbocycles. The standard InChI is InChI=1S/C17H18N6OS/c1-11-8-12(2)20-17(19-11)23-14(9-13(3)22-23)21-15(24)10-25-16-6-4-5-7-18-16/h4-9H,10H2,1-3H3,(H,21,24). The van der Waals surface area contributed by atoms with E-state index in [0.717, 1.165) is 22.1 Å². The number of anilines is 1. The Hall–Kier alpha value is -2.74. The van der Waals surface area contributed by atoms with E-state index >= 15 is 0 Å². The third-order valence-corrected chi connectivity index (χ3v) is 4.19. The van der Waals surface area contributed by atoms with Crippen LogP contribution in [0.1, 0.15) is 17.1 Å². The Morgan fingerprint density at radius 2 is 1.88 bits per heavy atom. The quantitative estimate of drug-likeness (QED) is 0.709. The molecule has 1 N–H and O–H groups in total. The van der Waals surface area contributed by atoms with Crippen LogP contribution in [0.25, 0.3) is 5.95 Å². The summed E-state index contributed by atoms with van der Waals surface area (Å²) in [4.78, 5) is 25.3. The van der Waals surface area contributed by atoms with Crippen LogP contribution in [0.15, 0.2) is 41.6 Å². The molecule has 0 saturated heterocycles. The molecule has 8 heteroatoms. The summed E-state index contributed by atoms with van der Waals surface area (Å²) in [6, 6.07) is 9.29. The molecule has 0 aliphatic carbocycles. The van der Waals surface area contributed by atoms with E-state index < -0.39 is 0 Å². The molecule has 3 aromatic rings. The van der Waals surface area contributed by atoms with Crippen LogP contribution in [0.4, 0.5) is 5.82 Å². The molecule has 0 radical (unpaired) electrons. The molecule has 3 rings (SSSR count). The monoisotopic (exact) mass is 354 g/mol. The Balaban J connectivity index is 1.75. The lowest BCUT2D eigenvalue weighted by Gasteiger charge is -2.08. The van der Waals surface area contributed by atoms with Crippen LogP contribution in [-0.4, -0.2) is 36.4 Å². The van der Waals surface area contributed by atoms with E-state index in [1.807, 2.05) is 45.0 Å². The van der Waals surface area contributed by atoms with Gasteiger partial charge in [0.25, 0.3) is 5.95 Å². The summed E-state index contributed by atoms with van der Waals surface area (Å²) in [5.41, 5.74) is 2.47. The summed E-state index contributed by atoms with van der Waals surface area (Å²) in [6.07, 6.45) is 1.70. The minimum Gasteiger partial charge on any atom is -0.310 e. The number of carbonyl (C=O) groups is 1.